The number of carbonyl (C=O) groups excluding carboxylic acids is 1. The van der Waals surface area contributed by atoms with Gasteiger partial charge in [-0.3, -0.25) is 4.79 Å². The lowest BCUT2D eigenvalue weighted by molar-refractivity contribution is 0.0924. The number of nitrogens with two attached hydrogens (primary N) is 1. The van der Waals surface area contributed by atoms with Crippen LogP contribution >= 0.6 is 11.3 Å². The van der Waals surface area contributed by atoms with Gasteiger partial charge in [-0.25, -0.2) is 4.98 Å². The van der Waals surface area contributed by atoms with E-state index in [1.165, 1.54) is 0 Å². The summed E-state index contributed by atoms with van der Waals surface area (Å²) in [6.07, 6.45) is 3.31. The normalized spacial score (nSPS) is 23.6. The predicted molar refractivity (Wildman–Crippen MR) is 73.9 cm³/mol. The summed E-state index contributed by atoms with van der Waals surface area (Å²) >= 11 is 1.55. The summed E-state index contributed by atoms with van der Waals surface area (Å²) in [5.41, 5.74) is 6.27. The van der Waals surface area contributed by atoms with Crippen LogP contribution in [0.25, 0.3) is 0 Å². The first-order valence-electron chi connectivity index (χ1n) is 6.58. The molecule has 1 amide bonds. The van der Waals surface area contributed by atoms with E-state index in [0.717, 1.165) is 24.3 Å². The van der Waals surface area contributed by atoms with Crippen molar-refractivity contribution < 1.29 is 4.79 Å². The molecule has 0 bridgehead atoms. The van der Waals surface area contributed by atoms with E-state index in [0.29, 0.717) is 24.1 Å². The molecule has 1 saturated carbocycles. The molecule has 5 heteroatoms. The van der Waals surface area contributed by atoms with Crippen molar-refractivity contribution in [3.05, 3.63) is 16.1 Å². The van der Waals surface area contributed by atoms with Crippen LogP contribution in [0.5, 0.6) is 0 Å². The highest BCUT2D eigenvalue weighted by Crippen LogP contribution is 2.25. The van der Waals surface area contributed by atoms with Crippen molar-refractivity contribution in [2.24, 2.45) is 11.7 Å². The van der Waals surface area contributed by atoms with Crippen molar-refractivity contribution in [3.63, 3.8) is 0 Å². The van der Waals surface area contributed by atoms with Crippen molar-refractivity contribution in [2.45, 2.75) is 45.1 Å². The molecule has 1 aromatic rings. The van der Waals surface area contributed by atoms with Crippen LogP contribution < -0.4 is 11.1 Å². The van der Waals surface area contributed by atoms with Gasteiger partial charge < -0.3 is 11.1 Å². The van der Waals surface area contributed by atoms with Crippen LogP contribution in [0.4, 0.5) is 0 Å². The van der Waals surface area contributed by atoms with Crippen LogP contribution in [-0.4, -0.2) is 23.5 Å². The molecule has 0 aliphatic heterocycles. The van der Waals surface area contributed by atoms with Gasteiger partial charge in [-0.15, -0.1) is 11.3 Å². The van der Waals surface area contributed by atoms with Crippen LogP contribution in [0.2, 0.25) is 0 Å². The minimum atomic E-state index is -0.0523. The van der Waals surface area contributed by atoms with Crippen LogP contribution in [-0.2, 0) is 0 Å². The first kappa shape index (κ1) is 13.5. The zero-order valence-corrected chi connectivity index (χ0v) is 11.8. The lowest BCUT2D eigenvalue weighted by atomic mass is 10.0. The van der Waals surface area contributed by atoms with Gasteiger partial charge in [0.2, 0.25) is 0 Å². The molecule has 0 aromatic carbocycles. The quantitative estimate of drug-likeness (QED) is 0.878. The Kier molecular flexibility index (Phi) is 4.35. The van der Waals surface area contributed by atoms with Crippen molar-refractivity contribution >= 4 is 17.2 Å². The summed E-state index contributed by atoms with van der Waals surface area (Å²) in [5.74, 6) is 0.750. The predicted octanol–water partition coefficient (Wildman–Crippen LogP) is 2.12. The molecule has 2 rings (SSSR count). The minimum Gasteiger partial charge on any atom is -0.348 e. The first-order chi connectivity index (χ1) is 8.61. The Labute approximate surface area is 112 Å². The Morgan fingerprint density at radius 1 is 1.61 bits per heavy atom. The van der Waals surface area contributed by atoms with E-state index in [-0.39, 0.29) is 11.9 Å². The van der Waals surface area contributed by atoms with Gasteiger partial charge in [0.15, 0.2) is 0 Å². The zero-order chi connectivity index (χ0) is 13.1. The maximum atomic E-state index is 12.1. The topological polar surface area (TPSA) is 68.0 Å². The Morgan fingerprint density at radius 2 is 2.39 bits per heavy atom. The number of hydrogen-bond donors (Lipinski definition) is 2. The number of rotatable bonds is 4. The van der Waals surface area contributed by atoms with E-state index in [2.05, 4.69) is 24.1 Å². The number of aromatic nitrogens is 1. The van der Waals surface area contributed by atoms with Crippen molar-refractivity contribution in [3.8, 4) is 0 Å². The molecule has 1 aliphatic rings. The number of hydrogen-bond acceptors (Lipinski definition) is 4. The second-order valence-electron chi connectivity index (χ2n) is 5.23. The van der Waals surface area contributed by atoms with Crippen LogP contribution in [0.3, 0.4) is 0 Å². The zero-order valence-electron chi connectivity index (χ0n) is 11.0. The summed E-state index contributed by atoms with van der Waals surface area (Å²) in [6.45, 7) is 4.82. The first-order valence-corrected chi connectivity index (χ1v) is 7.46. The molecule has 1 fully saturated rings. The van der Waals surface area contributed by atoms with Crippen molar-refractivity contribution in [2.75, 3.05) is 6.54 Å². The molecule has 1 aliphatic carbocycles. The van der Waals surface area contributed by atoms with Crippen molar-refractivity contribution in [1.29, 1.82) is 0 Å². The molecule has 0 radical (unpaired) electrons. The fraction of sp³-hybridized carbons (Fsp3) is 0.692. The maximum Gasteiger partial charge on any atom is 0.270 e. The summed E-state index contributed by atoms with van der Waals surface area (Å²) in [5, 5.41) is 5.93. The Bertz CT molecular complexity index is 416. The van der Waals surface area contributed by atoms with E-state index in [4.69, 9.17) is 5.73 Å². The third kappa shape index (κ3) is 2.90. The summed E-state index contributed by atoms with van der Waals surface area (Å²) in [4.78, 5) is 16.5. The largest absolute Gasteiger partial charge is 0.348 e. The molecular weight excluding hydrogens is 246 g/mol. The molecule has 4 nitrogen and oxygen atoms in total. The molecule has 1 heterocycles. The number of thiazole rings is 1. The summed E-state index contributed by atoms with van der Waals surface area (Å²) in [7, 11) is 0. The Hall–Kier alpha value is -0.940. The fourth-order valence-corrected chi connectivity index (χ4v) is 3.22. The lowest BCUT2D eigenvalue weighted by Crippen LogP contribution is -2.40. The second kappa shape index (κ2) is 5.80. The van der Waals surface area contributed by atoms with Crippen LogP contribution in [0.15, 0.2) is 5.38 Å². The van der Waals surface area contributed by atoms with E-state index in [1.807, 2.05) is 5.38 Å². The molecule has 0 saturated heterocycles. The average Bonchev–Trinajstić information content (AvgIpc) is 2.96. The van der Waals surface area contributed by atoms with Gasteiger partial charge in [-0.1, -0.05) is 20.3 Å². The highest BCUT2D eigenvalue weighted by molar-refractivity contribution is 7.09. The van der Waals surface area contributed by atoms with Crippen LogP contribution in [0, 0.1) is 5.92 Å². The van der Waals surface area contributed by atoms with E-state index in [1.54, 1.807) is 11.3 Å². The van der Waals surface area contributed by atoms with Gasteiger partial charge in [0, 0.05) is 17.3 Å². The third-order valence-corrected chi connectivity index (χ3v) is 4.67. The number of nitrogens with one attached hydrogen (secondary N) is 1. The van der Waals surface area contributed by atoms with Gasteiger partial charge in [-0.05, 0) is 25.3 Å². The van der Waals surface area contributed by atoms with Gasteiger partial charge in [0.25, 0.3) is 5.91 Å². The number of nitrogens with zero attached hydrogens (tertiary/aromatic N) is 1. The fourth-order valence-electron chi connectivity index (χ4n) is 2.41. The molecule has 100 valence electrons. The van der Waals surface area contributed by atoms with Gasteiger partial charge >= 0.3 is 0 Å². The summed E-state index contributed by atoms with van der Waals surface area (Å²) in [6, 6.07) is 0.228. The van der Waals surface area contributed by atoms with Gasteiger partial charge in [0.05, 0.1) is 5.01 Å². The number of carbonyl (C=O) groups is 1. The van der Waals surface area contributed by atoms with Crippen molar-refractivity contribution in [1.82, 2.24) is 10.3 Å². The Morgan fingerprint density at radius 3 is 3.00 bits per heavy atom. The maximum absolute atomic E-state index is 12.1. The van der Waals surface area contributed by atoms with Gasteiger partial charge in [-0.2, -0.15) is 0 Å². The molecule has 1 aromatic heterocycles. The highest BCUT2D eigenvalue weighted by Gasteiger charge is 2.28. The molecule has 0 spiro atoms. The standard InChI is InChI=1S/C13H21N3OS/c1-8(2)13-16-11(7-18-13)12(17)15-10-5-3-4-9(10)6-14/h7-10H,3-6,14H2,1-2H3,(H,15,17). The highest BCUT2D eigenvalue weighted by atomic mass is 32.1. The smallest absolute Gasteiger partial charge is 0.270 e. The SMILES string of the molecule is CC(C)c1nc(C(=O)NC2CCCC2CN)cs1. The van der Waals surface area contributed by atoms with Gasteiger partial charge in [0.1, 0.15) is 5.69 Å². The molecule has 2 atom stereocenters. The van der Waals surface area contributed by atoms with E-state index >= 15 is 0 Å². The average molecular weight is 267 g/mol. The third-order valence-electron chi connectivity index (χ3n) is 3.53. The second-order valence-corrected chi connectivity index (χ2v) is 6.12. The number of amides is 1. The van der Waals surface area contributed by atoms with E-state index < -0.39 is 0 Å². The minimum absolute atomic E-state index is 0.0523. The summed E-state index contributed by atoms with van der Waals surface area (Å²) < 4.78 is 0. The molecular formula is C13H21N3OS. The lowest BCUT2D eigenvalue weighted by Gasteiger charge is -2.18. The van der Waals surface area contributed by atoms with E-state index in [9.17, 15) is 4.79 Å². The van der Waals surface area contributed by atoms with Crippen LogP contribution in [0.1, 0.15) is 54.5 Å². The monoisotopic (exact) mass is 267 g/mol. The Balaban J connectivity index is 1.98. The molecule has 18 heavy (non-hydrogen) atoms. The molecule has 2 unspecified atom stereocenters. The molecule has 3 N–H and O–H groups in total.